The molecule has 0 amide bonds. The van der Waals surface area contributed by atoms with Crippen molar-refractivity contribution in [3.63, 3.8) is 0 Å². The lowest BCUT2D eigenvalue weighted by Crippen LogP contribution is -2.20. The van der Waals surface area contributed by atoms with E-state index in [0.29, 0.717) is 12.2 Å². The first-order valence-electron chi connectivity index (χ1n) is 6.45. The summed E-state index contributed by atoms with van der Waals surface area (Å²) in [4.78, 5) is 0. The first kappa shape index (κ1) is 13.6. The minimum absolute atomic E-state index is 0.288. The third kappa shape index (κ3) is 2.45. The number of hydrogen-bond acceptors (Lipinski definition) is 2. The lowest BCUT2D eigenvalue weighted by Gasteiger charge is -2.30. The summed E-state index contributed by atoms with van der Waals surface area (Å²) in [5.41, 5.74) is 2.52. The van der Waals surface area contributed by atoms with Crippen molar-refractivity contribution < 1.29 is 14.2 Å². The molecule has 3 rings (SSSR count). The van der Waals surface area contributed by atoms with Gasteiger partial charge in [-0.3, -0.25) is 0 Å². The Balaban J connectivity index is 2.00. The Bertz CT molecular complexity index is 657. The molecule has 104 valence electrons. The van der Waals surface area contributed by atoms with E-state index in [9.17, 15) is 9.50 Å². The van der Waals surface area contributed by atoms with Gasteiger partial charge in [0.2, 0.25) is 0 Å². The first-order chi connectivity index (χ1) is 9.54. The number of aliphatic hydroxyl groups excluding tert-OH is 1. The Morgan fingerprint density at radius 3 is 2.80 bits per heavy atom. The van der Waals surface area contributed by atoms with Gasteiger partial charge in [0.05, 0.1) is 6.10 Å². The van der Waals surface area contributed by atoms with Gasteiger partial charge in [-0.25, -0.2) is 4.39 Å². The standard InChI is InChI=1S/C16H14BrFO2/c1-9-2-4-11(18)7-13(9)16-8-14(19)12-5-3-10(17)6-15(12)20-16/h2-7,14,16,19H,8H2,1H3. The fourth-order valence-corrected chi connectivity index (χ4v) is 2.91. The summed E-state index contributed by atoms with van der Waals surface area (Å²) in [6.07, 6.45) is -0.499. The van der Waals surface area contributed by atoms with Crippen LogP contribution in [0.2, 0.25) is 0 Å². The van der Waals surface area contributed by atoms with Crippen molar-refractivity contribution >= 4 is 15.9 Å². The SMILES string of the molecule is Cc1ccc(F)cc1C1CC(O)c2ccc(Br)cc2O1. The van der Waals surface area contributed by atoms with Gasteiger partial charge < -0.3 is 9.84 Å². The van der Waals surface area contributed by atoms with Crippen LogP contribution in [-0.2, 0) is 0 Å². The number of benzene rings is 2. The summed E-state index contributed by atoms with van der Waals surface area (Å²) in [6.45, 7) is 1.92. The molecule has 2 atom stereocenters. The summed E-state index contributed by atoms with van der Waals surface area (Å²) >= 11 is 3.39. The van der Waals surface area contributed by atoms with Crippen molar-refractivity contribution in [3.8, 4) is 5.75 Å². The van der Waals surface area contributed by atoms with Crippen molar-refractivity contribution in [1.82, 2.24) is 0 Å². The zero-order chi connectivity index (χ0) is 14.3. The van der Waals surface area contributed by atoms with Crippen LogP contribution in [0.5, 0.6) is 5.75 Å². The second-order valence-electron chi connectivity index (χ2n) is 5.04. The summed E-state index contributed by atoms with van der Waals surface area (Å²) in [5, 5.41) is 10.3. The predicted molar refractivity (Wildman–Crippen MR) is 78.2 cm³/mol. The molecule has 0 saturated heterocycles. The number of rotatable bonds is 1. The third-order valence-electron chi connectivity index (χ3n) is 3.63. The predicted octanol–water partition coefficient (Wildman–Crippen LogP) is 4.45. The molecule has 0 radical (unpaired) electrons. The Morgan fingerprint density at radius 2 is 2.00 bits per heavy atom. The van der Waals surface area contributed by atoms with Crippen molar-refractivity contribution in [1.29, 1.82) is 0 Å². The van der Waals surface area contributed by atoms with E-state index < -0.39 is 6.10 Å². The molecule has 0 spiro atoms. The summed E-state index contributed by atoms with van der Waals surface area (Å²) in [7, 11) is 0. The van der Waals surface area contributed by atoms with Crippen LogP contribution in [0, 0.1) is 12.7 Å². The highest BCUT2D eigenvalue weighted by Crippen LogP contribution is 2.42. The van der Waals surface area contributed by atoms with Gasteiger partial charge in [0.1, 0.15) is 17.7 Å². The van der Waals surface area contributed by atoms with E-state index in [1.165, 1.54) is 12.1 Å². The van der Waals surface area contributed by atoms with E-state index >= 15 is 0 Å². The second-order valence-corrected chi connectivity index (χ2v) is 5.96. The van der Waals surface area contributed by atoms with E-state index in [4.69, 9.17) is 4.74 Å². The van der Waals surface area contributed by atoms with Crippen molar-refractivity contribution in [3.05, 3.63) is 63.4 Å². The van der Waals surface area contributed by atoms with Gasteiger partial charge in [-0.1, -0.05) is 28.1 Å². The number of ether oxygens (including phenoxy) is 1. The minimum Gasteiger partial charge on any atom is -0.485 e. The van der Waals surface area contributed by atoms with Gasteiger partial charge in [-0.05, 0) is 42.3 Å². The quantitative estimate of drug-likeness (QED) is 0.833. The van der Waals surface area contributed by atoms with Gasteiger partial charge in [0, 0.05) is 16.5 Å². The third-order valence-corrected chi connectivity index (χ3v) is 4.12. The largest absolute Gasteiger partial charge is 0.485 e. The van der Waals surface area contributed by atoms with E-state index in [1.807, 2.05) is 25.1 Å². The van der Waals surface area contributed by atoms with Gasteiger partial charge in [0.15, 0.2) is 0 Å². The summed E-state index contributed by atoms with van der Waals surface area (Å²) in [6, 6.07) is 10.2. The fourth-order valence-electron chi connectivity index (χ4n) is 2.57. The monoisotopic (exact) mass is 336 g/mol. The van der Waals surface area contributed by atoms with Crippen LogP contribution in [0.3, 0.4) is 0 Å². The number of fused-ring (bicyclic) bond motifs is 1. The number of aliphatic hydroxyl groups is 1. The minimum atomic E-state index is -0.598. The van der Waals surface area contributed by atoms with Gasteiger partial charge in [0.25, 0.3) is 0 Å². The molecular formula is C16H14BrFO2. The maximum absolute atomic E-state index is 13.4. The van der Waals surface area contributed by atoms with Crippen molar-refractivity contribution in [2.45, 2.75) is 25.6 Å². The van der Waals surface area contributed by atoms with E-state index in [-0.39, 0.29) is 11.9 Å². The first-order valence-corrected chi connectivity index (χ1v) is 7.24. The molecule has 0 saturated carbocycles. The summed E-state index contributed by atoms with van der Waals surface area (Å²) in [5.74, 6) is 0.357. The maximum Gasteiger partial charge on any atom is 0.127 e. The molecule has 4 heteroatoms. The van der Waals surface area contributed by atoms with Crippen LogP contribution in [-0.4, -0.2) is 5.11 Å². The summed E-state index contributed by atoms with van der Waals surface area (Å²) < 4.78 is 20.3. The van der Waals surface area contributed by atoms with Crippen LogP contribution >= 0.6 is 15.9 Å². The Hall–Kier alpha value is -1.39. The lowest BCUT2D eigenvalue weighted by molar-refractivity contribution is 0.0652. The average Bonchev–Trinajstić information content (AvgIpc) is 2.41. The molecule has 2 aromatic rings. The highest BCUT2D eigenvalue weighted by molar-refractivity contribution is 9.10. The molecule has 0 bridgehead atoms. The molecule has 1 aliphatic rings. The van der Waals surface area contributed by atoms with Crippen molar-refractivity contribution in [2.75, 3.05) is 0 Å². The lowest BCUT2D eigenvalue weighted by atomic mass is 9.93. The van der Waals surface area contributed by atoms with Crippen molar-refractivity contribution in [2.24, 2.45) is 0 Å². The molecule has 2 unspecified atom stereocenters. The number of hydrogen-bond donors (Lipinski definition) is 1. The van der Waals surface area contributed by atoms with Crippen LogP contribution in [0.4, 0.5) is 4.39 Å². The maximum atomic E-state index is 13.4. The average molecular weight is 337 g/mol. The van der Waals surface area contributed by atoms with E-state index in [0.717, 1.165) is 21.2 Å². The van der Waals surface area contributed by atoms with Crippen LogP contribution in [0.1, 0.15) is 35.3 Å². The Labute approximate surface area is 125 Å². The van der Waals surface area contributed by atoms with Crippen LogP contribution < -0.4 is 4.74 Å². The molecular weight excluding hydrogens is 323 g/mol. The molecule has 0 aliphatic carbocycles. The molecule has 0 aromatic heterocycles. The molecule has 1 N–H and O–H groups in total. The van der Waals surface area contributed by atoms with Gasteiger partial charge in [-0.2, -0.15) is 0 Å². The zero-order valence-electron chi connectivity index (χ0n) is 10.9. The van der Waals surface area contributed by atoms with Gasteiger partial charge in [-0.15, -0.1) is 0 Å². The molecule has 1 aliphatic heterocycles. The smallest absolute Gasteiger partial charge is 0.127 e. The molecule has 2 aromatic carbocycles. The topological polar surface area (TPSA) is 29.5 Å². The Morgan fingerprint density at radius 1 is 1.20 bits per heavy atom. The fraction of sp³-hybridized carbons (Fsp3) is 0.250. The number of halogens is 2. The number of aryl methyl sites for hydroxylation is 1. The van der Waals surface area contributed by atoms with Crippen LogP contribution in [0.15, 0.2) is 40.9 Å². The van der Waals surface area contributed by atoms with Gasteiger partial charge >= 0.3 is 0 Å². The van der Waals surface area contributed by atoms with E-state index in [1.54, 1.807) is 6.07 Å². The normalized spacial score (nSPS) is 21.2. The zero-order valence-corrected chi connectivity index (χ0v) is 12.5. The molecule has 0 fully saturated rings. The molecule has 1 heterocycles. The molecule has 20 heavy (non-hydrogen) atoms. The highest BCUT2D eigenvalue weighted by atomic mass is 79.9. The molecule has 2 nitrogen and oxygen atoms in total. The van der Waals surface area contributed by atoms with Crippen LogP contribution in [0.25, 0.3) is 0 Å². The Kier molecular flexibility index (Phi) is 3.52. The second kappa shape index (κ2) is 5.19. The van der Waals surface area contributed by atoms with E-state index in [2.05, 4.69) is 15.9 Å². The highest BCUT2D eigenvalue weighted by Gasteiger charge is 2.29.